The van der Waals surface area contributed by atoms with Crippen LogP contribution in [0, 0.1) is 5.92 Å². The Kier molecular flexibility index (Phi) is 5.29. The van der Waals surface area contributed by atoms with Gasteiger partial charge in [0.25, 0.3) is 0 Å². The third-order valence-electron chi connectivity index (χ3n) is 2.43. The van der Waals surface area contributed by atoms with Crippen LogP contribution in [0.5, 0.6) is 0 Å². The van der Waals surface area contributed by atoms with Gasteiger partial charge >= 0.3 is 0 Å². The van der Waals surface area contributed by atoms with E-state index in [-0.39, 0.29) is 5.91 Å². The van der Waals surface area contributed by atoms with Crippen molar-refractivity contribution in [3.8, 4) is 0 Å². The molecular weight excluding hydrogens is 289 g/mol. The molecular formula is C12H15BrClNO. The van der Waals surface area contributed by atoms with E-state index in [4.69, 9.17) is 11.6 Å². The molecule has 1 amide bonds. The van der Waals surface area contributed by atoms with Gasteiger partial charge in [-0.25, -0.2) is 0 Å². The Morgan fingerprint density at radius 2 is 2.25 bits per heavy atom. The smallest absolute Gasteiger partial charge is 0.224 e. The molecule has 0 spiro atoms. The molecule has 1 aromatic rings. The number of hydrogen-bond donors (Lipinski definition) is 1. The zero-order valence-electron chi connectivity index (χ0n) is 9.39. The Balaban J connectivity index is 2.65. The van der Waals surface area contributed by atoms with E-state index in [1.165, 1.54) is 0 Å². The van der Waals surface area contributed by atoms with E-state index in [2.05, 4.69) is 35.1 Å². The maximum Gasteiger partial charge on any atom is 0.224 e. The van der Waals surface area contributed by atoms with E-state index in [0.717, 1.165) is 16.6 Å². The van der Waals surface area contributed by atoms with E-state index in [1.807, 2.05) is 6.07 Å². The molecule has 1 unspecified atom stereocenters. The van der Waals surface area contributed by atoms with Gasteiger partial charge in [0, 0.05) is 15.9 Å². The summed E-state index contributed by atoms with van der Waals surface area (Å²) in [5.41, 5.74) is 0.723. The van der Waals surface area contributed by atoms with Crippen LogP contribution in [0.2, 0.25) is 5.02 Å². The van der Waals surface area contributed by atoms with Gasteiger partial charge in [-0.2, -0.15) is 0 Å². The highest BCUT2D eigenvalue weighted by molar-refractivity contribution is 9.10. The van der Waals surface area contributed by atoms with Crippen LogP contribution >= 0.6 is 27.5 Å². The molecule has 0 radical (unpaired) electrons. The summed E-state index contributed by atoms with van der Waals surface area (Å²) in [6.45, 7) is 4.14. The van der Waals surface area contributed by atoms with Crippen molar-refractivity contribution in [1.29, 1.82) is 0 Å². The minimum absolute atomic E-state index is 0.0253. The van der Waals surface area contributed by atoms with Crippen molar-refractivity contribution in [3.05, 3.63) is 27.7 Å². The number of carbonyl (C=O) groups is 1. The Hall–Kier alpha value is -0.540. The molecule has 0 aliphatic rings. The normalized spacial score (nSPS) is 12.2. The molecule has 0 saturated carbocycles. The quantitative estimate of drug-likeness (QED) is 0.873. The maximum absolute atomic E-state index is 11.7. The molecule has 0 aromatic heterocycles. The second-order valence-corrected chi connectivity index (χ2v) is 5.18. The Morgan fingerprint density at radius 3 is 2.88 bits per heavy atom. The van der Waals surface area contributed by atoms with Gasteiger partial charge in [0.05, 0.1) is 5.69 Å². The zero-order chi connectivity index (χ0) is 12.1. The lowest BCUT2D eigenvalue weighted by atomic mass is 10.1. The minimum atomic E-state index is 0.0253. The molecule has 0 aliphatic heterocycles. The second-order valence-electron chi connectivity index (χ2n) is 3.89. The van der Waals surface area contributed by atoms with Crippen molar-refractivity contribution in [3.63, 3.8) is 0 Å². The predicted octanol–water partition coefficient (Wildman–Crippen LogP) is 4.48. The van der Waals surface area contributed by atoms with E-state index >= 15 is 0 Å². The van der Waals surface area contributed by atoms with E-state index in [9.17, 15) is 4.79 Å². The van der Waals surface area contributed by atoms with Gasteiger partial charge in [0.1, 0.15) is 0 Å². The first kappa shape index (κ1) is 13.5. The van der Waals surface area contributed by atoms with Gasteiger partial charge in [-0.3, -0.25) is 4.79 Å². The molecule has 1 atom stereocenters. The molecule has 0 bridgehead atoms. The van der Waals surface area contributed by atoms with Crippen molar-refractivity contribution in [1.82, 2.24) is 0 Å². The van der Waals surface area contributed by atoms with Crippen LogP contribution < -0.4 is 5.32 Å². The molecule has 88 valence electrons. The molecule has 0 heterocycles. The van der Waals surface area contributed by atoms with Crippen molar-refractivity contribution in [2.45, 2.75) is 26.7 Å². The number of carbonyl (C=O) groups excluding carboxylic acids is 1. The van der Waals surface area contributed by atoms with E-state index < -0.39 is 0 Å². The van der Waals surface area contributed by atoms with Gasteiger partial charge in [-0.1, -0.05) is 31.9 Å². The molecule has 1 aromatic carbocycles. The predicted molar refractivity (Wildman–Crippen MR) is 71.9 cm³/mol. The molecule has 4 heteroatoms. The largest absolute Gasteiger partial charge is 0.325 e. The topological polar surface area (TPSA) is 29.1 Å². The summed E-state index contributed by atoms with van der Waals surface area (Å²) >= 11 is 9.23. The number of rotatable bonds is 4. The van der Waals surface area contributed by atoms with Crippen LogP contribution in [0.4, 0.5) is 5.69 Å². The lowest BCUT2D eigenvalue weighted by Gasteiger charge is -2.10. The highest BCUT2D eigenvalue weighted by atomic mass is 79.9. The third-order valence-corrected chi connectivity index (χ3v) is 3.36. The summed E-state index contributed by atoms with van der Waals surface area (Å²) in [4.78, 5) is 11.7. The lowest BCUT2D eigenvalue weighted by Crippen LogP contribution is -2.15. The van der Waals surface area contributed by atoms with Gasteiger partial charge in [0.2, 0.25) is 5.91 Å². The van der Waals surface area contributed by atoms with Crippen molar-refractivity contribution < 1.29 is 4.79 Å². The van der Waals surface area contributed by atoms with Crippen molar-refractivity contribution in [2.24, 2.45) is 5.92 Å². The van der Waals surface area contributed by atoms with Crippen LogP contribution in [-0.4, -0.2) is 5.91 Å². The highest BCUT2D eigenvalue weighted by Gasteiger charge is 2.09. The van der Waals surface area contributed by atoms with Gasteiger partial charge in [-0.05, 0) is 40.0 Å². The zero-order valence-corrected chi connectivity index (χ0v) is 11.7. The molecule has 0 fully saturated rings. The maximum atomic E-state index is 11.7. The molecule has 2 nitrogen and oxygen atoms in total. The van der Waals surface area contributed by atoms with Crippen LogP contribution in [0.3, 0.4) is 0 Å². The van der Waals surface area contributed by atoms with E-state index in [0.29, 0.717) is 17.4 Å². The fourth-order valence-corrected chi connectivity index (χ4v) is 1.77. The number of anilines is 1. The molecule has 0 saturated heterocycles. The minimum Gasteiger partial charge on any atom is -0.325 e. The molecule has 1 N–H and O–H groups in total. The molecule has 16 heavy (non-hydrogen) atoms. The van der Waals surface area contributed by atoms with Crippen molar-refractivity contribution in [2.75, 3.05) is 5.32 Å². The SMILES string of the molecule is CCC(C)CC(=O)Nc1cc(Cl)ccc1Br. The summed E-state index contributed by atoms with van der Waals surface area (Å²) in [6.07, 6.45) is 1.54. The standard InChI is InChI=1S/C12H15BrClNO/c1-3-8(2)6-12(16)15-11-7-9(14)4-5-10(11)13/h4-5,7-8H,3,6H2,1-2H3,(H,15,16). The van der Waals surface area contributed by atoms with E-state index in [1.54, 1.807) is 12.1 Å². The average molecular weight is 305 g/mol. The van der Waals surface area contributed by atoms with Crippen LogP contribution in [-0.2, 0) is 4.79 Å². The lowest BCUT2D eigenvalue weighted by molar-refractivity contribution is -0.117. The van der Waals surface area contributed by atoms with Gasteiger partial charge in [-0.15, -0.1) is 0 Å². The monoisotopic (exact) mass is 303 g/mol. The molecule has 0 aliphatic carbocycles. The number of amides is 1. The highest BCUT2D eigenvalue weighted by Crippen LogP contribution is 2.26. The summed E-state index contributed by atoms with van der Waals surface area (Å²) in [5.74, 6) is 0.426. The first-order valence-corrected chi connectivity index (χ1v) is 6.45. The van der Waals surface area contributed by atoms with Crippen LogP contribution in [0.25, 0.3) is 0 Å². The third kappa shape index (κ3) is 4.14. The van der Waals surface area contributed by atoms with Crippen molar-refractivity contribution >= 4 is 39.1 Å². The number of halogens is 2. The molecule has 1 rings (SSSR count). The Bertz CT molecular complexity index is 381. The fraction of sp³-hybridized carbons (Fsp3) is 0.417. The Morgan fingerprint density at radius 1 is 1.56 bits per heavy atom. The Labute approximate surface area is 110 Å². The number of hydrogen-bond acceptors (Lipinski definition) is 1. The summed E-state index contributed by atoms with van der Waals surface area (Å²) in [7, 11) is 0. The summed E-state index contributed by atoms with van der Waals surface area (Å²) < 4.78 is 0.842. The number of benzene rings is 1. The second kappa shape index (κ2) is 6.26. The first-order valence-electron chi connectivity index (χ1n) is 5.27. The summed E-state index contributed by atoms with van der Waals surface area (Å²) in [5, 5.41) is 3.46. The average Bonchev–Trinajstić information content (AvgIpc) is 2.23. The van der Waals surface area contributed by atoms with Crippen LogP contribution in [0.15, 0.2) is 22.7 Å². The van der Waals surface area contributed by atoms with Gasteiger partial charge in [0.15, 0.2) is 0 Å². The summed E-state index contributed by atoms with van der Waals surface area (Å²) in [6, 6.07) is 5.33. The first-order chi connectivity index (χ1) is 7.52. The number of nitrogens with one attached hydrogen (secondary N) is 1. The fourth-order valence-electron chi connectivity index (χ4n) is 1.26. The van der Waals surface area contributed by atoms with Crippen LogP contribution in [0.1, 0.15) is 26.7 Å². The van der Waals surface area contributed by atoms with Gasteiger partial charge < -0.3 is 5.32 Å².